The predicted octanol–water partition coefficient (Wildman–Crippen LogP) is 3.04. The lowest BCUT2D eigenvalue weighted by Gasteiger charge is -2.33. The lowest BCUT2D eigenvalue weighted by Crippen LogP contribution is -2.52. The fourth-order valence-electron chi connectivity index (χ4n) is 2.59. The van der Waals surface area contributed by atoms with E-state index in [1.807, 2.05) is 25.7 Å². The SMILES string of the molecule is CC(C)(C)NC(=O)NC1CCN(C(=O)c2cccc(Cl)c2)CC1. The number of likely N-dealkylation sites (tertiary alicyclic amines) is 1. The van der Waals surface area contributed by atoms with E-state index in [1.54, 1.807) is 24.3 Å². The zero-order valence-corrected chi connectivity index (χ0v) is 14.6. The van der Waals surface area contributed by atoms with Crippen molar-refractivity contribution in [2.45, 2.75) is 45.2 Å². The van der Waals surface area contributed by atoms with Crippen LogP contribution in [0.15, 0.2) is 24.3 Å². The second-order valence-corrected chi connectivity index (χ2v) is 7.36. The first kappa shape index (κ1) is 17.6. The summed E-state index contributed by atoms with van der Waals surface area (Å²) in [6.45, 7) is 7.09. The maximum absolute atomic E-state index is 12.4. The largest absolute Gasteiger partial charge is 0.338 e. The van der Waals surface area contributed by atoms with Crippen molar-refractivity contribution in [2.75, 3.05) is 13.1 Å². The lowest BCUT2D eigenvalue weighted by molar-refractivity contribution is 0.0708. The topological polar surface area (TPSA) is 61.4 Å². The van der Waals surface area contributed by atoms with E-state index >= 15 is 0 Å². The van der Waals surface area contributed by atoms with Gasteiger partial charge in [-0.2, -0.15) is 0 Å². The number of carbonyl (C=O) groups excluding carboxylic acids is 2. The van der Waals surface area contributed by atoms with Crippen LogP contribution in [0.3, 0.4) is 0 Å². The van der Waals surface area contributed by atoms with E-state index in [0.717, 1.165) is 12.8 Å². The number of piperidine rings is 1. The second kappa shape index (κ2) is 7.21. The normalized spacial score (nSPS) is 16.1. The fraction of sp³-hybridized carbons (Fsp3) is 0.529. The molecule has 5 nitrogen and oxygen atoms in total. The van der Waals surface area contributed by atoms with Crippen LogP contribution in [-0.2, 0) is 0 Å². The number of halogens is 1. The summed E-state index contributed by atoms with van der Waals surface area (Å²) in [6.07, 6.45) is 1.51. The lowest BCUT2D eigenvalue weighted by atomic mass is 10.0. The zero-order valence-electron chi connectivity index (χ0n) is 13.9. The van der Waals surface area contributed by atoms with Gasteiger partial charge in [-0.3, -0.25) is 4.79 Å². The van der Waals surface area contributed by atoms with Gasteiger partial charge in [0.2, 0.25) is 0 Å². The van der Waals surface area contributed by atoms with Gasteiger partial charge in [-0.1, -0.05) is 17.7 Å². The molecule has 0 aliphatic carbocycles. The van der Waals surface area contributed by atoms with Gasteiger partial charge in [-0.15, -0.1) is 0 Å². The number of amides is 3. The molecule has 0 atom stereocenters. The summed E-state index contributed by atoms with van der Waals surface area (Å²) in [4.78, 5) is 26.1. The zero-order chi connectivity index (χ0) is 17.0. The number of hydrogen-bond acceptors (Lipinski definition) is 2. The highest BCUT2D eigenvalue weighted by Gasteiger charge is 2.25. The van der Waals surface area contributed by atoms with E-state index in [2.05, 4.69) is 10.6 Å². The van der Waals surface area contributed by atoms with Crippen molar-refractivity contribution in [1.29, 1.82) is 0 Å². The highest BCUT2D eigenvalue weighted by molar-refractivity contribution is 6.30. The smallest absolute Gasteiger partial charge is 0.315 e. The van der Waals surface area contributed by atoms with Crippen LogP contribution in [0, 0.1) is 0 Å². The molecule has 1 heterocycles. The second-order valence-electron chi connectivity index (χ2n) is 6.93. The third-order valence-electron chi connectivity index (χ3n) is 3.68. The number of benzene rings is 1. The Morgan fingerprint density at radius 2 is 1.87 bits per heavy atom. The number of nitrogens with zero attached hydrogens (tertiary/aromatic N) is 1. The fourth-order valence-corrected chi connectivity index (χ4v) is 2.78. The molecule has 1 aliphatic rings. The van der Waals surface area contributed by atoms with Gasteiger partial charge >= 0.3 is 6.03 Å². The van der Waals surface area contributed by atoms with Gasteiger partial charge in [-0.25, -0.2) is 4.79 Å². The summed E-state index contributed by atoms with van der Waals surface area (Å²) in [6, 6.07) is 6.93. The Balaban J connectivity index is 1.84. The van der Waals surface area contributed by atoms with Gasteiger partial charge < -0.3 is 15.5 Å². The van der Waals surface area contributed by atoms with Gasteiger partial charge in [0.25, 0.3) is 5.91 Å². The first-order valence-corrected chi connectivity index (χ1v) is 8.26. The molecule has 1 aliphatic heterocycles. The Hall–Kier alpha value is -1.75. The molecular weight excluding hydrogens is 314 g/mol. The average Bonchev–Trinajstić information content (AvgIpc) is 2.45. The highest BCUT2D eigenvalue weighted by Crippen LogP contribution is 2.17. The number of nitrogens with one attached hydrogen (secondary N) is 2. The average molecular weight is 338 g/mol. The van der Waals surface area contributed by atoms with E-state index in [-0.39, 0.29) is 23.5 Å². The number of rotatable bonds is 2. The highest BCUT2D eigenvalue weighted by atomic mass is 35.5. The van der Waals surface area contributed by atoms with Crippen LogP contribution in [-0.4, -0.2) is 41.5 Å². The molecule has 1 fully saturated rings. The van der Waals surface area contributed by atoms with E-state index in [4.69, 9.17) is 11.6 Å². The van der Waals surface area contributed by atoms with Crippen molar-refractivity contribution in [3.05, 3.63) is 34.9 Å². The molecule has 1 saturated heterocycles. The summed E-state index contributed by atoms with van der Waals surface area (Å²) in [5.41, 5.74) is 0.349. The molecule has 0 aromatic heterocycles. The molecule has 1 aromatic carbocycles. The van der Waals surface area contributed by atoms with Crippen molar-refractivity contribution in [3.8, 4) is 0 Å². The van der Waals surface area contributed by atoms with Crippen molar-refractivity contribution in [2.24, 2.45) is 0 Å². The Morgan fingerprint density at radius 3 is 2.43 bits per heavy atom. The molecule has 23 heavy (non-hydrogen) atoms. The molecule has 2 rings (SSSR count). The summed E-state index contributed by atoms with van der Waals surface area (Å²) in [5.74, 6) is -0.00917. The third kappa shape index (κ3) is 5.43. The molecule has 6 heteroatoms. The van der Waals surface area contributed by atoms with E-state index in [1.165, 1.54) is 0 Å². The standard InChI is InChI=1S/C17H24ClN3O2/c1-17(2,3)20-16(23)19-14-7-9-21(10-8-14)15(22)12-5-4-6-13(18)11-12/h4-6,11,14H,7-10H2,1-3H3,(H2,19,20,23). The number of carbonyl (C=O) groups is 2. The number of urea groups is 1. The number of hydrogen-bond donors (Lipinski definition) is 2. The third-order valence-corrected chi connectivity index (χ3v) is 3.91. The summed E-state index contributed by atoms with van der Waals surface area (Å²) >= 11 is 5.94. The predicted molar refractivity (Wildman–Crippen MR) is 91.8 cm³/mol. The van der Waals surface area contributed by atoms with Gasteiger partial charge in [0, 0.05) is 35.3 Å². The van der Waals surface area contributed by atoms with E-state index < -0.39 is 0 Å². The Labute approximate surface area is 142 Å². The van der Waals surface area contributed by atoms with Crippen LogP contribution in [0.2, 0.25) is 5.02 Å². The first-order valence-electron chi connectivity index (χ1n) is 7.88. The van der Waals surface area contributed by atoms with Crippen LogP contribution in [0.4, 0.5) is 4.79 Å². The van der Waals surface area contributed by atoms with Crippen molar-refractivity contribution < 1.29 is 9.59 Å². The monoisotopic (exact) mass is 337 g/mol. The van der Waals surface area contributed by atoms with E-state index in [0.29, 0.717) is 23.7 Å². The molecule has 3 amide bonds. The Kier molecular flexibility index (Phi) is 5.52. The molecular formula is C17H24ClN3O2. The van der Waals surface area contributed by atoms with Gasteiger partial charge in [0.1, 0.15) is 0 Å². The minimum absolute atomic E-state index is 0.00917. The minimum Gasteiger partial charge on any atom is -0.338 e. The maximum atomic E-state index is 12.4. The summed E-state index contributed by atoms with van der Waals surface area (Å²) in [7, 11) is 0. The quantitative estimate of drug-likeness (QED) is 0.871. The summed E-state index contributed by atoms with van der Waals surface area (Å²) in [5, 5.41) is 6.42. The Morgan fingerprint density at radius 1 is 1.22 bits per heavy atom. The molecule has 0 bridgehead atoms. The van der Waals surface area contributed by atoms with Crippen LogP contribution in [0.5, 0.6) is 0 Å². The molecule has 126 valence electrons. The first-order chi connectivity index (χ1) is 10.7. The van der Waals surface area contributed by atoms with Crippen LogP contribution in [0.1, 0.15) is 44.0 Å². The van der Waals surface area contributed by atoms with Crippen LogP contribution >= 0.6 is 11.6 Å². The molecule has 0 spiro atoms. The molecule has 1 aromatic rings. The van der Waals surface area contributed by atoms with Crippen molar-refractivity contribution >= 4 is 23.5 Å². The molecule has 0 radical (unpaired) electrons. The summed E-state index contributed by atoms with van der Waals surface area (Å²) < 4.78 is 0. The van der Waals surface area contributed by atoms with Gasteiger partial charge in [0.05, 0.1) is 0 Å². The minimum atomic E-state index is -0.257. The molecule has 0 unspecified atom stereocenters. The van der Waals surface area contributed by atoms with Crippen molar-refractivity contribution in [1.82, 2.24) is 15.5 Å². The maximum Gasteiger partial charge on any atom is 0.315 e. The van der Waals surface area contributed by atoms with Gasteiger partial charge in [-0.05, 0) is 51.8 Å². The van der Waals surface area contributed by atoms with Crippen molar-refractivity contribution in [3.63, 3.8) is 0 Å². The Bertz CT molecular complexity index is 575. The molecule has 0 saturated carbocycles. The molecule has 2 N–H and O–H groups in total. The van der Waals surface area contributed by atoms with Gasteiger partial charge in [0.15, 0.2) is 0 Å². The van der Waals surface area contributed by atoms with Crippen LogP contribution in [0.25, 0.3) is 0 Å². The van der Waals surface area contributed by atoms with Crippen LogP contribution < -0.4 is 10.6 Å². The van der Waals surface area contributed by atoms with E-state index in [9.17, 15) is 9.59 Å².